The highest BCUT2D eigenvalue weighted by Crippen LogP contribution is 2.27. The van der Waals surface area contributed by atoms with Crippen molar-refractivity contribution in [1.82, 2.24) is 4.98 Å². The summed E-state index contributed by atoms with van der Waals surface area (Å²) in [6.45, 7) is 1.58. The molecule has 0 atom stereocenters. The maximum absolute atomic E-state index is 9.10. The third-order valence-electron chi connectivity index (χ3n) is 2.98. The zero-order valence-corrected chi connectivity index (χ0v) is 8.42. The molecule has 3 nitrogen and oxygen atoms in total. The summed E-state index contributed by atoms with van der Waals surface area (Å²) in [7, 11) is 0. The van der Waals surface area contributed by atoms with Crippen LogP contribution in [-0.2, 0) is 24.4 Å². The number of H-pyrrole nitrogens is 1. The van der Waals surface area contributed by atoms with E-state index in [2.05, 4.69) is 4.98 Å². The molecule has 3 heteroatoms. The van der Waals surface area contributed by atoms with Crippen LogP contribution in [0.15, 0.2) is 18.2 Å². The van der Waals surface area contributed by atoms with Crippen molar-refractivity contribution >= 4 is 10.9 Å². The molecule has 0 spiro atoms. The molecule has 0 aliphatic carbocycles. The van der Waals surface area contributed by atoms with E-state index in [-0.39, 0.29) is 6.61 Å². The van der Waals surface area contributed by atoms with Crippen molar-refractivity contribution in [3.63, 3.8) is 0 Å². The van der Waals surface area contributed by atoms with E-state index >= 15 is 0 Å². The van der Waals surface area contributed by atoms with Gasteiger partial charge in [-0.2, -0.15) is 0 Å². The molecule has 0 unspecified atom stereocenters. The number of ether oxygens (including phenoxy) is 1. The molecular formula is C12H13NO2. The summed E-state index contributed by atoms with van der Waals surface area (Å²) < 4.78 is 5.45. The molecule has 0 fully saturated rings. The topological polar surface area (TPSA) is 45.2 Å². The molecule has 3 rings (SSSR count). The van der Waals surface area contributed by atoms with Crippen molar-refractivity contribution in [3.8, 4) is 0 Å². The van der Waals surface area contributed by atoms with Crippen LogP contribution in [0.1, 0.15) is 16.8 Å². The second-order valence-electron chi connectivity index (χ2n) is 3.92. The SMILES string of the molecule is OCc1ccc2[nH]c3c(c2c1)COCC3. The van der Waals surface area contributed by atoms with Gasteiger partial charge in [-0.25, -0.2) is 0 Å². The Hall–Kier alpha value is -1.32. The van der Waals surface area contributed by atoms with E-state index in [9.17, 15) is 0 Å². The number of fused-ring (bicyclic) bond motifs is 3. The Morgan fingerprint density at radius 1 is 1.40 bits per heavy atom. The molecule has 0 saturated carbocycles. The monoisotopic (exact) mass is 203 g/mol. The van der Waals surface area contributed by atoms with Gasteiger partial charge in [0.25, 0.3) is 0 Å². The van der Waals surface area contributed by atoms with Gasteiger partial charge in [0, 0.05) is 28.6 Å². The lowest BCUT2D eigenvalue weighted by Gasteiger charge is -2.11. The van der Waals surface area contributed by atoms with Crippen molar-refractivity contribution in [2.45, 2.75) is 19.6 Å². The first-order valence-corrected chi connectivity index (χ1v) is 5.19. The number of aromatic nitrogens is 1. The first-order valence-electron chi connectivity index (χ1n) is 5.19. The standard InChI is InChI=1S/C12H13NO2/c14-6-8-1-2-11-9(5-8)10-7-15-4-3-12(10)13-11/h1-2,5,13-14H,3-4,6-7H2. The van der Waals surface area contributed by atoms with Gasteiger partial charge in [0.2, 0.25) is 0 Å². The molecule has 1 aromatic heterocycles. The Bertz CT molecular complexity index is 502. The van der Waals surface area contributed by atoms with Gasteiger partial charge in [0.15, 0.2) is 0 Å². The molecule has 2 aromatic rings. The first kappa shape index (κ1) is 8.95. The molecule has 2 heterocycles. The number of hydrogen-bond donors (Lipinski definition) is 2. The van der Waals surface area contributed by atoms with Gasteiger partial charge < -0.3 is 14.8 Å². The molecule has 1 aliphatic rings. The Balaban J connectivity index is 2.24. The smallest absolute Gasteiger partial charge is 0.0740 e. The minimum absolute atomic E-state index is 0.0940. The van der Waals surface area contributed by atoms with Crippen LogP contribution in [0.3, 0.4) is 0 Å². The fraction of sp³-hybridized carbons (Fsp3) is 0.333. The number of benzene rings is 1. The molecule has 0 bridgehead atoms. The zero-order valence-electron chi connectivity index (χ0n) is 8.42. The highest BCUT2D eigenvalue weighted by molar-refractivity contribution is 5.85. The van der Waals surface area contributed by atoms with Crippen LogP contribution in [0.4, 0.5) is 0 Å². The highest BCUT2D eigenvalue weighted by Gasteiger charge is 2.15. The van der Waals surface area contributed by atoms with Crippen molar-refractivity contribution in [1.29, 1.82) is 0 Å². The highest BCUT2D eigenvalue weighted by atomic mass is 16.5. The van der Waals surface area contributed by atoms with Crippen LogP contribution in [0.25, 0.3) is 10.9 Å². The third kappa shape index (κ3) is 1.35. The molecule has 1 aliphatic heterocycles. The maximum atomic E-state index is 9.10. The number of aromatic amines is 1. The Labute approximate surface area is 87.7 Å². The fourth-order valence-corrected chi connectivity index (χ4v) is 2.18. The average molecular weight is 203 g/mol. The van der Waals surface area contributed by atoms with Crippen LogP contribution in [0.2, 0.25) is 0 Å². The number of rotatable bonds is 1. The predicted molar refractivity (Wildman–Crippen MR) is 57.6 cm³/mol. The summed E-state index contributed by atoms with van der Waals surface area (Å²) in [6, 6.07) is 6.02. The molecule has 0 amide bonds. The second-order valence-corrected chi connectivity index (χ2v) is 3.92. The summed E-state index contributed by atoms with van der Waals surface area (Å²) in [5.41, 5.74) is 4.63. The van der Waals surface area contributed by atoms with Gasteiger partial charge in [-0.3, -0.25) is 0 Å². The van der Waals surface area contributed by atoms with E-state index in [0.717, 1.165) is 24.1 Å². The summed E-state index contributed by atoms with van der Waals surface area (Å²) in [6.07, 6.45) is 0.957. The lowest BCUT2D eigenvalue weighted by molar-refractivity contribution is 0.111. The first-order chi connectivity index (χ1) is 7.38. The lowest BCUT2D eigenvalue weighted by atomic mass is 10.1. The minimum Gasteiger partial charge on any atom is -0.392 e. The van der Waals surface area contributed by atoms with Crippen molar-refractivity contribution in [2.75, 3.05) is 6.61 Å². The van der Waals surface area contributed by atoms with E-state index in [1.807, 2.05) is 18.2 Å². The maximum Gasteiger partial charge on any atom is 0.0740 e. The molecule has 2 N–H and O–H groups in total. The largest absolute Gasteiger partial charge is 0.392 e. The summed E-state index contributed by atoms with van der Waals surface area (Å²) >= 11 is 0. The van der Waals surface area contributed by atoms with Gasteiger partial charge in [0.1, 0.15) is 0 Å². The van der Waals surface area contributed by atoms with Gasteiger partial charge in [-0.15, -0.1) is 0 Å². The van der Waals surface area contributed by atoms with Crippen LogP contribution in [-0.4, -0.2) is 16.7 Å². The molecule has 0 saturated heterocycles. The van der Waals surface area contributed by atoms with E-state index < -0.39 is 0 Å². The fourth-order valence-electron chi connectivity index (χ4n) is 2.18. The van der Waals surface area contributed by atoms with Crippen LogP contribution < -0.4 is 0 Å². The molecule has 78 valence electrons. The Morgan fingerprint density at radius 2 is 2.33 bits per heavy atom. The summed E-state index contributed by atoms with van der Waals surface area (Å²) in [5.74, 6) is 0. The number of hydrogen-bond acceptors (Lipinski definition) is 2. The molecule has 15 heavy (non-hydrogen) atoms. The number of aliphatic hydroxyl groups is 1. The normalized spacial score (nSPS) is 15.5. The number of nitrogens with one attached hydrogen (secondary N) is 1. The van der Waals surface area contributed by atoms with Crippen LogP contribution in [0.5, 0.6) is 0 Å². The third-order valence-corrected chi connectivity index (χ3v) is 2.98. The Morgan fingerprint density at radius 3 is 3.20 bits per heavy atom. The minimum atomic E-state index is 0.0940. The van der Waals surface area contributed by atoms with E-state index in [1.54, 1.807) is 0 Å². The predicted octanol–water partition coefficient (Wildman–Crippen LogP) is 1.73. The molecule has 1 aromatic carbocycles. The van der Waals surface area contributed by atoms with Crippen molar-refractivity contribution in [3.05, 3.63) is 35.0 Å². The van der Waals surface area contributed by atoms with Crippen LogP contribution >= 0.6 is 0 Å². The van der Waals surface area contributed by atoms with Crippen molar-refractivity contribution in [2.24, 2.45) is 0 Å². The summed E-state index contributed by atoms with van der Waals surface area (Å²) in [5, 5.41) is 10.3. The van der Waals surface area contributed by atoms with Gasteiger partial charge in [-0.1, -0.05) is 6.07 Å². The van der Waals surface area contributed by atoms with E-state index in [4.69, 9.17) is 9.84 Å². The molecular weight excluding hydrogens is 190 g/mol. The average Bonchev–Trinajstić information content (AvgIpc) is 2.66. The van der Waals surface area contributed by atoms with E-state index in [0.29, 0.717) is 6.61 Å². The molecule has 0 radical (unpaired) electrons. The Kier molecular flexibility index (Phi) is 2.01. The summed E-state index contributed by atoms with van der Waals surface area (Å²) in [4.78, 5) is 3.41. The van der Waals surface area contributed by atoms with Crippen molar-refractivity contribution < 1.29 is 9.84 Å². The van der Waals surface area contributed by atoms with Crippen LogP contribution in [0, 0.1) is 0 Å². The van der Waals surface area contributed by atoms with E-state index in [1.165, 1.54) is 16.6 Å². The zero-order chi connectivity index (χ0) is 10.3. The number of aliphatic hydroxyl groups excluding tert-OH is 1. The lowest BCUT2D eigenvalue weighted by Crippen LogP contribution is -2.08. The second kappa shape index (κ2) is 3.36. The van der Waals surface area contributed by atoms with Gasteiger partial charge in [0.05, 0.1) is 19.8 Å². The van der Waals surface area contributed by atoms with Gasteiger partial charge >= 0.3 is 0 Å². The quantitative estimate of drug-likeness (QED) is 0.741. The van der Waals surface area contributed by atoms with Gasteiger partial charge in [-0.05, 0) is 17.7 Å².